The Balaban J connectivity index is 3.25. The van der Waals surface area contributed by atoms with Gasteiger partial charge in [0, 0.05) is 6.20 Å². The molecule has 0 fully saturated rings. The molecule has 0 saturated heterocycles. The topological polar surface area (TPSA) is 33.1 Å². The van der Waals surface area contributed by atoms with Gasteiger partial charge in [0.05, 0.1) is 10.2 Å². The van der Waals surface area contributed by atoms with Gasteiger partial charge in [0.2, 0.25) is 0 Å². The Labute approximate surface area is 61.7 Å². The van der Waals surface area contributed by atoms with Gasteiger partial charge in [0.1, 0.15) is 5.75 Å². The lowest BCUT2D eigenvalue weighted by molar-refractivity contribution is 0.470. The molecular formula is C6H6BrNO. The van der Waals surface area contributed by atoms with Gasteiger partial charge in [-0.05, 0) is 28.9 Å². The number of hydrogen-bond acceptors (Lipinski definition) is 2. The van der Waals surface area contributed by atoms with Crippen LogP contribution in [0.4, 0.5) is 0 Å². The van der Waals surface area contributed by atoms with Gasteiger partial charge in [-0.15, -0.1) is 0 Å². The van der Waals surface area contributed by atoms with Crippen LogP contribution < -0.4 is 0 Å². The van der Waals surface area contributed by atoms with Crippen molar-refractivity contribution in [1.29, 1.82) is 0 Å². The Morgan fingerprint density at radius 1 is 1.67 bits per heavy atom. The van der Waals surface area contributed by atoms with Gasteiger partial charge in [-0.1, -0.05) is 0 Å². The minimum absolute atomic E-state index is 0.238. The third-order valence-corrected chi connectivity index (χ3v) is 2.02. The number of nitrogens with zero attached hydrogens (tertiary/aromatic N) is 1. The molecule has 0 bridgehead atoms. The SMILES string of the molecule is Cc1nccc(O)c1Br. The van der Waals surface area contributed by atoms with Crippen molar-refractivity contribution in [2.45, 2.75) is 6.92 Å². The molecule has 0 aliphatic carbocycles. The number of aromatic nitrogens is 1. The van der Waals surface area contributed by atoms with Crippen molar-refractivity contribution < 1.29 is 5.11 Å². The molecule has 0 aliphatic heterocycles. The zero-order valence-electron chi connectivity index (χ0n) is 4.93. The van der Waals surface area contributed by atoms with E-state index >= 15 is 0 Å². The standard InChI is InChI=1S/C6H6BrNO/c1-4-6(7)5(9)2-3-8-4/h2-3H,1H3,(H,8,9). The summed E-state index contributed by atoms with van der Waals surface area (Å²) in [6.45, 7) is 1.82. The summed E-state index contributed by atoms with van der Waals surface area (Å²) in [5, 5.41) is 9.01. The first kappa shape index (κ1) is 6.55. The summed E-state index contributed by atoms with van der Waals surface area (Å²) < 4.78 is 0.671. The normalized spacial score (nSPS) is 9.56. The highest BCUT2D eigenvalue weighted by Crippen LogP contribution is 2.24. The molecule has 0 amide bonds. The molecule has 3 heteroatoms. The first-order chi connectivity index (χ1) is 4.22. The molecule has 48 valence electrons. The summed E-state index contributed by atoms with van der Waals surface area (Å²) >= 11 is 3.17. The first-order valence-electron chi connectivity index (χ1n) is 2.52. The summed E-state index contributed by atoms with van der Waals surface area (Å²) in [4.78, 5) is 3.93. The van der Waals surface area contributed by atoms with Gasteiger partial charge in [-0.25, -0.2) is 0 Å². The van der Waals surface area contributed by atoms with E-state index in [1.54, 1.807) is 6.20 Å². The van der Waals surface area contributed by atoms with Crippen molar-refractivity contribution in [2.75, 3.05) is 0 Å². The lowest BCUT2D eigenvalue weighted by atomic mass is 10.4. The molecule has 1 N–H and O–H groups in total. The molecular weight excluding hydrogens is 182 g/mol. The number of halogens is 1. The number of aromatic hydroxyl groups is 1. The first-order valence-corrected chi connectivity index (χ1v) is 3.31. The van der Waals surface area contributed by atoms with Gasteiger partial charge in [-0.3, -0.25) is 4.98 Å². The summed E-state index contributed by atoms with van der Waals surface area (Å²) in [6, 6.07) is 1.54. The van der Waals surface area contributed by atoms with E-state index < -0.39 is 0 Å². The van der Waals surface area contributed by atoms with Crippen LogP contribution in [0.15, 0.2) is 16.7 Å². The van der Waals surface area contributed by atoms with Crippen molar-refractivity contribution in [3.05, 3.63) is 22.4 Å². The molecule has 2 nitrogen and oxygen atoms in total. The minimum atomic E-state index is 0.238. The third-order valence-electron chi connectivity index (χ3n) is 1.04. The van der Waals surface area contributed by atoms with Crippen LogP contribution in [0.1, 0.15) is 5.69 Å². The van der Waals surface area contributed by atoms with Gasteiger partial charge in [-0.2, -0.15) is 0 Å². The maximum atomic E-state index is 9.01. The predicted molar refractivity (Wildman–Crippen MR) is 38.3 cm³/mol. The van der Waals surface area contributed by atoms with Crippen molar-refractivity contribution in [1.82, 2.24) is 4.98 Å². The fraction of sp³-hybridized carbons (Fsp3) is 0.167. The second kappa shape index (κ2) is 2.35. The van der Waals surface area contributed by atoms with Gasteiger partial charge in [0.25, 0.3) is 0 Å². The molecule has 0 saturated carbocycles. The van der Waals surface area contributed by atoms with Crippen LogP contribution in [0.2, 0.25) is 0 Å². The van der Waals surface area contributed by atoms with Crippen LogP contribution in [0, 0.1) is 6.92 Å². The van der Waals surface area contributed by atoms with Crippen molar-refractivity contribution >= 4 is 15.9 Å². The molecule has 0 spiro atoms. The molecule has 1 aromatic rings. The van der Waals surface area contributed by atoms with Crippen LogP contribution in [0.3, 0.4) is 0 Å². The number of pyridine rings is 1. The molecule has 0 aromatic carbocycles. The van der Waals surface area contributed by atoms with Crippen molar-refractivity contribution in [3.8, 4) is 5.75 Å². The second-order valence-electron chi connectivity index (χ2n) is 1.73. The zero-order valence-corrected chi connectivity index (χ0v) is 6.51. The Hall–Kier alpha value is -0.570. The molecule has 1 heterocycles. The van der Waals surface area contributed by atoms with Gasteiger partial charge in [0.15, 0.2) is 0 Å². The van der Waals surface area contributed by atoms with E-state index in [0.29, 0.717) is 4.47 Å². The highest BCUT2D eigenvalue weighted by Gasteiger charge is 1.98. The number of aryl methyl sites for hydroxylation is 1. The van der Waals surface area contributed by atoms with E-state index in [0.717, 1.165) is 5.69 Å². The highest BCUT2D eigenvalue weighted by molar-refractivity contribution is 9.10. The zero-order chi connectivity index (χ0) is 6.85. The second-order valence-corrected chi connectivity index (χ2v) is 2.52. The summed E-state index contributed by atoms with van der Waals surface area (Å²) in [7, 11) is 0. The Kier molecular flexibility index (Phi) is 1.71. The fourth-order valence-electron chi connectivity index (χ4n) is 0.535. The van der Waals surface area contributed by atoms with Crippen molar-refractivity contribution in [3.63, 3.8) is 0 Å². The maximum absolute atomic E-state index is 9.01. The molecule has 1 rings (SSSR count). The van der Waals surface area contributed by atoms with E-state index in [1.165, 1.54) is 6.07 Å². The Morgan fingerprint density at radius 3 is 2.78 bits per heavy atom. The molecule has 0 aliphatic rings. The van der Waals surface area contributed by atoms with Crippen molar-refractivity contribution in [2.24, 2.45) is 0 Å². The average molecular weight is 188 g/mol. The van der Waals surface area contributed by atoms with E-state index in [1.807, 2.05) is 6.92 Å². The largest absolute Gasteiger partial charge is 0.507 e. The van der Waals surface area contributed by atoms with Gasteiger partial charge < -0.3 is 5.11 Å². The van der Waals surface area contributed by atoms with Crippen LogP contribution in [-0.4, -0.2) is 10.1 Å². The van der Waals surface area contributed by atoms with Crippen LogP contribution in [0.5, 0.6) is 5.75 Å². The molecule has 1 aromatic heterocycles. The summed E-state index contributed by atoms with van der Waals surface area (Å²) in [6.07, 6.45) is 1.56. The fourth-order valence-corrected chi connectivity index (χ4v) is 0.769. The lowest BCUT2D eigenvalue weighted by Gasteiger charge is -1.96. The van der Waals surface area contributed by atoms with Gasteiger partial charge >= 0.3 is 0 Å². The average Bonchev–Trinajstić information content (AvgIpc) is 1.83. The Morgan fingerprint density at radius 2 is 2.33 bits per heavy atom. The third kappa shape index (κ3) is 1.21. The molecule has 0 unspecified atom stereocenters. The Bertz CT molecular complexity index is 204. The smallest absolute Gasteiger partial charge is 0.133 e. The van der Waals surface area contributed by atoms with E-state index in [9.17, 15) is 0 Å². The van der Waals surface area contributed by atoms with Crippen LogP contribution in [-0.2, 0) is 0 Å². The summed E-state index contributed by atoms with van der Waals surface area (Å²) in [5.41, 5.74) is 0.801. The molecule has 0 atom stereocenters. The highest BCUT2D eigenvalue weighted by atomic mass is 79.9. The quantitative estimate of drug-likeness (QED) is 0.673. The molecule has 0 radical (unpaired) electrons. The van der Waals surface area contributed by atoms with Crippen LogP contribution >= 0.6 is 15.9 Å². The van der Waals surface area contributed by atoms with E-state index in [2.05, 4.69) is 20.9 Å². The summed E-state index contributed by atoms with van der Waals surface area (Å²) in [5.74, 6) is 0.238. The van der Waals surface area contributed by atoms with E-state index in [-0.39, 0.29) is 5.75 Å². The maximum Gasteiger partial charge on any atom is 0.133 e. The monoisotopic (exact) mass is 187 g/mol. The number of rotatable bonds is 0. The van der Waals surface area contributed by atoms with E-state index in [4.69, 9.17) is 5.11 Å². The van der Waals surface area contributed by atoms with Crippen LogP contribution in [0.25, 0.3) is 0 Å². The molecule has 9 heavy (non-hydrogen) atoms. The minimum Gasteiger partial charge on any atom is -0.507 e. The predicted octanol–water partition coefficient (Wildman–Crippen LogP) is 1.86. The number of hydrogen-bond donors (Lipinski definition) is 1. The lowest BCUT2D eigenvalue weighted by Crippen LogP contribution is -1.80.